The molecule has 5 aromatic rings. The number of hydrazine groups is 1. The second kappa shape index (κ2) is 9.92. The van der Waals surface area contributed by atoms with Crippen molar-refractivity contribution in [1.29, 1.82) is 0 Å². The largest absolute Gasteiger partial charge is 0.337 e. The zero-order valence-corrected chi connectivity index (χ0v) is 23.1. The monoisotopic (exact) mass is 581 g/mol. The Kier molecular flexibility index (Phi) is 5.85. The number of carbonyl (C=O) groups excluding carboxylic acids is 4. The second-order valence-corrected chi connectivity index (χ2v) is 10.9. The summed E-state index contributed by atoms with van der Waals surface area (Å²) in [7, 11) is 0. The number of fused-ring (bicyclic) bond motifs is 2. The Hall–Kier alpha value is -5.74. The number of benzene rings is 4. The van der Waals surface area contributed by atoms with Crippen LogP contribution in [0.3, 0.4) is 0 Å². The first-order valence-electron chi connectivity index (χ1n) is 14.2. The fourth-order valence-corrected chi connectivity index (χ4v) is 6.68. The van der Waals surface area contributed by atoms with Crippen molar-refractivity contribution < 1.29 is 23.7 Å². The summed E-state index contributed by atoms with van der Waals surface area (Å²) < 4.78 is 5.82. The van der Waals surface area contributed by atoms with E-state index in [2.05, 4.69) is 10.1 Å². The van der Waals surface area contributed by atoms with Crippen LogP contribution < -0.4 is 4.90 Å². The lowest BCUT2D eigenvalue weighted by atomic mass is 9.86. The third-order valence-corrected chi connectivity index (χ3v) is 8.53. The van der Waals surface area contributed by atoms with E-state index in [1.807, 2.05) is 60.7 Å². The number of anilines is 1. The highest BCUT2D eigenvalue weighted by atomic mass is 16.5. The maximum absolute atomic E-state index is 14.4. The van der Waals surface area contributed by atoms with Gasteiger partial charge in [0.05, 0.1) is 34.7 Å². The summed E-state index contributed by atoms with van der Waals surface area (Å²) in [6.07, 6.45) is 0. The van der Waals surface area contributed by atoms with Gasteiger partial charge in [0, 0.05) is 5.56 Å². The molecule has 2 fully saturated rings. The molecule has 3 aliphatic rings. The smallest absolute Gasteiger partial charge is 0.276 e. The molecule has 10 nitrogen and oxygen atoms in total. The van der Waals surface area contributed by atoms with E-state index in [1.165, 1.54) is 9.91 Å². The normalized spacial score (nSPS) is 23.0. The molecule has 0 radical (unpaired) electrons. The van der Waals surface area contributed by atoms with Crippen LogP contribution in [0, 0.1) is 11.8 Å². The van der Waals surface area contributed by atoms with Gasteiger partial charge in [-0.15, -0.1) is 0 Å². The Balaban J connectivity index is 1.34. The first-order chi connectivity index (χ1) is 21.5. The van der Waals surface area contributed by atoms with Crippen LogP contribution in [0.15, 0.2) is 120 Å². The fourth-order valence-electron chi connectivity index (χ4n) is 6.68. The van der Waals surface area contributed by atoms with Gasteiger partial charge in [-0.1, -0.05) is 96.2 Å². The van der Waals surface area contributed by atoms with Crippen LogP contribution in [0.4, 0.5) is 5.69 Å². The Morgan fingerprint density at radius 1 is 0.591 bits per heavy atom. The molecule has 4 amide bonds. The van der Waals surface area contributed by atoms with Crippen molar-refractivity contribution in [3.63, 3.8) is 0 Å². The Labute approximate surface area is 251 Å². The zero-order chi connectivity index (χ0) is 29.9. The highest BCUT2D eigenvalue weighted by Crippen LogP contribution is 2.57. The molecule has 1 aromatic heterocycles. The van der Waals surface area contributed by atoms with Gasteiger partial charge in [0.2, 0.25) is 23.5 Å². The Morgan fingerprint density at radius 2 is 1.11 bits per heavy atom. The van der Waals surface area contributed by atoms with E-state index >= 15 is 0 Å². The number of amides is 4. The van der Waals surface area contributed by atoms with Crippen molar-refractivity contribution in [3.8, 4) is 11.4 Å². The molecule has 4 unspecified atom stereocenters. The van der Waals surface area contributed by atoms with E-state index in [0.29, 0.717) is 16.8 Å². The lowest BCUT2D eigenvalue weighted by Gasteiger charge is -2.37. The number of hydrogen-bond donors (Lipinski definition) is 0. The molecule has 214 valence electrons. The number of aromatic nitrogens is 2. The van der Waals surface area contributed by atoms with E-state index in [0.717, 1.165) is 5.01 Å². The topological polar surface area (TPSA) is 117 Å². The summed E-state index contributed by atoms with van der Waals surface area (Å²) in [4.78, 5) is 62.5. The zero-order valence-electron chi connectivity index (χ0n) is 23.1. The number of nitrogens with zero attached hydrogens (tertiary/aromatic N) is 5. The van der Waals surface area contributed by atoms with Crippen molar-refractivity contribution in [1.82, 2.24) is 20.2 Å². The van der Waals surface area contributed by atoms with Crippen molar-refractivity contribution in [2.45, 2.75) is 12.1 Å². The summed E-state index contributed by atoms with van der Waals surface area (Å²) in [5.41, 5.74) is 2.24. The molecule has 0 N–H and O–H groups in total. The molecule has 4 atom stereocenters. The minimum Gasteiger partial charge on any atom is -0.337 e. The molecule has 10 heteroatoms. The van der Waals surface area contributed by atoms with Gasteiger partial charge in [0.15, 0.2) is 0 Å². The fraction of sp³-hybridized carbons (Fsp3) is 0.118. The summed E-state index contributed by atoms with van der Waals surface area (Å²) in [5.74, 6) is -3.74. The first kappa shape index (κ1) is 25.9. The molecule has 0 bridgehead atoms. The summed E-state index contributed by atoms with van der Waals surface area (Å²) in [6, 6.07) is 31.6. The van der Waals surface area contributed by atoms with Gasteiger partial charge >= 0.3 is 0 Å². The third-order valence-electron chi connectivity index (χ3n) is 8.53. The van der Waals surface area contributed by atoms with Gasteiger partial charge in [-0.2, -0.15) is 9.99 Å². The molecular weight excluding hydrogens is 558 g/mol. The number of rotatable bonds is 5. The maximum Gasteiger partial charge on any atom is 0.276 e. The van der Waals surface area contributed by atoms with Crippen LogP contribution >= 0.6 is 0 Å². The number of para-hydroxylation sites is 1. The minimum atomic E-state index is -1.11. The summed E-state index contributed by atoms with van der Waals surface area (Å²) in [5, 5.41) is 6.76. The standard InChI is InChI=1S/C34H23N5O5/c40-31-23-18-10-11-19-24(23)32(41)39(31)38-27(20-12-4-1-5-13-20)25-26(34(43)37(33(25)42)22-16-8-3-9-17-22)28(38)30-35-29(36-44-30)21-14-6-2-7-15-21/h1-19,25-28H. The molecule has 3 aliphatic heterocycles. The van der Waals surface area contributed by atoms with E-state index < -0.39 is 47.5 Å². The SMILES string of the molecule is O=C1C2C(C(=O)N1c1ccccc1)C(c1nc(-c3ccccc3)no1)N(N1C(=O)c3ccccc3C1=O)C2c1ccccc1. The van der Waals surface area contributed by atoms with Gasteiger partial charge in [-0.3, -0.25) is 19.2 Å². The van der Waals surface area contributed by atoms with E-state index in [1.54, 1.807) is 54.6 Å². The van der Waals surface area contributed by atoms with Crippen molar-refractivity contribution >= 4 is 29.3 Å². The van der Waals surface area contributed by atoms with Crippen LogP contribution in [-0.4, -0.2) is 43.8 Å². The van der Waals surface area contributed by atoms with Gasteiger partial charge < -0.3 is 4.52 Å². The predicted octanol–water partition coefficient (Wildman–Crippen LogP) is 4.85. The van der Waals surface area contributed by atoms with Gasteiger partial charge in [-0.05, 0) is 29.8 Å². The number of hydrogen-bond acceptors (Lipinski definition) is 8. The van der Waals surface area contributed by atoms with Gasteiger partial charge in [0.25, 0.3) is 11.8 Å². The molecule has 0 aliphatic carbocycles. The Morgan fingerprint density at radius 3 is 1.73 bits per heavy atom. The van der Waals surface area contributed by atoms with E-state index in [4.69, 9.17) is 4.52 Å². The van der Waals surface area contributed by atoms with Crippen molar-refractivity contribution in [2.24, 2.45) is 11.8 Å². The number of imide groups is 2. The highest BCUT2D eigenvalue weighted by Gasteiger charge is 2.67. The average molecular weight is 582 g/mol. The number of carbonyl (C=O) groups is 4. The van der Waals surface area contributed by atoms with Crippen LogP contribution in [0.25, 0.3) is 11.4 Å². The van der Waals surface area contributed by atoms with Crippen LogP contribution in [0.2, 0.25) is 0 Å². The first-order valence-corrected chi connectivity index (χ1v) is 14.2. The summed E-state index contributed by atoms with van der Waals surface area (Å²) in [6.45, 7) is 0. The Bertz CT molecular complexity index is 1910. The van der Waals surface area contributed by atoms with E-state index in [-0.39, 0.29) is 22.8 Å². The molecule has 2 saturated heterocycles. The van der Waals surface area contributed by atoms with Gasteiger partial charge in [0.1, 0.15) is 6.04 Å². The molecule has 4 heterocycles. The van der Waals surface area contributed by atoms with Gasteiger partial charge in [-0.25, -0.2) is 9.91 Å². The quantitative estimate of drug-likeness (QED) is 0.271. The van der Waals surface area contributed by atoms with Crippen LogP contribution in [0.1, 0.15) is 44.3 Å². The van der Waals surface area contributed by atoms with Crippen molar-refractivity contribution in [2.75, 3.05) is 4.90 Å². The molecule has 0 saturated carbocycles. The van der Waals surface area contributed by atoms with Crippen LogP contribution in [-0.2, 0) is 9.59 Å². The minimum absolute atomic E-state index is 0.0184. The average Bonchev–Trinajstić information content (AvgIpc) is 3.80. The lowest BCUT2D eigenvalue weighted by molar-refractivity contribution is -0.126. The highest BCUT2D eigenvalue weighted by molar-refractivity contribution is 6.24. The summed E-state index contributed by atoms with van der Waals surface area (Å²) >= 11 is 0. The van der Waals surface area contributed by atoms with Crippen LogP contribution in [0.5, 0.6) is 0 Å². The molecule has 0 spiro atoms. The lowest BCUT2D eigenvalue weighted by Crippen LogP contribution is -2.50. The third kappa shape index (κ3) is 3.71. The van der Waals surface area contributed by atoms with E-state index in [9.17, 15) is 19.2 Å². The predicted molar refractivity (Wildman–Crippen MR) is 156 cm³/mol. The molecule has 8 rings (SSSR count). The molecule has 4 aromatic carbocycles. The molecular formula is C34H23N5O5. The van der Waals surface area contributed by atoms with Crippen molar-refractivity contribution in [3.05, 3.63) is 138 Å². The second-order valence-electron chi connectivity index (χ2n) is 10.9. The maximum atomic E-state index is 14.4. The molecule has 44 heavy (non-hydrogen) atoms.